The number of hydrogen-bond acceptors (Lipinski definition) is 3. The zero-order chi connectivity index (χ0) is 26.2. The third kappa shape index (κ3) is 2.89. The molecule has 0 aliphatic carbocycles. The number of pyridine rings is 3. The zero-order valence-corrected chi connectivity index (χ0v) is 21.4. The highest BCUT2D eigenvalue weighted by atomic mass is 15.1. The fourth-order valence-electron chi connectivity index (χ4n) is 6.27. The van der Waals surface area contributed by atoms with E-state index in [2.05, 4.69) is 111 Å². The first-order valence-electron chi connectivity index (χ1n) is 13.4. The molecule has 5 aromatic heterocycles. The van der Waals surface area contributed by atoms with Crippen LogP contribution >= 0.6 is 0 Å². The standard InChI is InChI=1S/C35H21N5/c1-2-11-26-24(9-1)27-19-28-25-10-3-5-13-30(25)39(34-18-22(15-17-37-34)23-8-7-16-36-21-23)32(28)20-33(27)40-31-14-6-4-12-29(31)38-35(26)40/h1-21H. The van der Waals surface area contributed by atoms with Crippen molar-refractivity contribution >= 4 is 60.2 Å². The predicted octanol–water partition coefficient (Wildman–Crippen LogP) is 8.35. The van der Waals surface area contributed by atoms with E-state index in [1.165, 1.54) is 21.5 Å². The Balaban J connectivity index is 1.47. The van der Waals surface area contributed by atoms with Gasteiger partial charge in [0.2, 0.25) is 0 Å². The fourth-order valence-corrected chi connectivity index (χ4v) is 6.27. The van der Waals surface area contributed by atoms with E-state index in [9.17, 15) is 0 Å². The molecule has 0 aliphatic heterocycles. The monoisotopic (exact) mass is 511 g/mol. The van der Waals surface area contributed by atoms with E-state index in [1.54, 1.807) is 6.20 Å². The smallest absolute Gasteiger partial charge is 0.146 e. The molecule has 0 unspecified atom stereocenters. The van der Waals surface area contributed by atoms with Crippen LogP contribution in [0.15, 0.2) is 128 Å². The van der Waals surface area contributed by atoms with Gasteiger partial charge in [0.15, 0.2) is 0 Å². The third-order valence-electron chi connectivity index (χ3n) is 8.02. The summed E-state index contributed by atoms with van der Waals surface area (Å²) in [6, 6.07) is 38.5. The molecule has 0 spiro atoms. The Morgan fingerprint density at radius 1 is 0.500 bits per heavy atom. The molecule has 0 atom stereocenters. The van der Waals surface area contributed by atoms with Gasteiger partial charge in [0.05, 0.1) is 27.6 Å². The number of rotatable bonds is 2. The topological polar surface area (TPSA) is 48.0 Å². The normalized spacial score (nSPS) is 12.0. The number of aromatic nitrogens is 5. The Bertz CT molecular complexity index is 2430. The summed E-state index contributed by atoms with van der Waals surface area (Å²) >= 11 is 0. The van der Waals surface area contributed by atoms with Gasteiger partial charge in [0.1, 0.15) is 11.5 Å². The summed E-state index contributed by atoms with van der Waals surface area (Å²) in [4.78, 5) is 14.3. The minimum absolute atomic E-state index is 0.874. The van der Waals surface area contributed by atoms with Gasteiger partial charge in [0, 0.05) is 45.7 Å². The minimum atomic E-state index is 0.874. The highest BCUT2D eigenvalue weighted by Crippen LogP contribution is 2.39. The van der Waals surface area contributed by atoms with Crippen LogP contribution < -0.4 is 0 Å². The average Bonchev–Trinajstić information content (AvgIpc) is 3.57. The van der Waals surface area contributed by atoms with Crippen molar-refractivity contribution in [3.63, 3.8) is 0 Å². The Labute approximate surface area is 228 Å². The highest BCUT2D eigenvalue weighted by molar-refractivity contribution is 6.20. The second kappa shape index (κ2) is 7.98. The average molecular weight is 512 g/mol. The van der Waals surface area contributed by atoms with Crippen molar-refractivity contribution in [2.75, 3.05) is 0 Å². The number of imidazole rings is 1. The second-order valence-electron chi connectivity index (χ2n) is 10.2. The summed E-state index contributed by atoms with van der Waals surface area (Å²) in [5.74, 6) is 0.874. The fraction of sp³-hybridized carbons (Fsp3) is 0. The van der Waals surface area contributed by atoms with Gasteiger partial charge < -0.3 is 0 Å². The van der Waals surface area contributed by atoms with E-state index >= 15 is 0 Å². The molecule has 186 valence electrons. The van der Waals surface area contributed by atoms with Gasteiger partial charge in [-0.3, -0.25) is 14.0 Å². The molecule has 0 amide bonds. The third-order valence-corrected chi connectivity index (χ3v) is 8.02. The summed E-state index contributed by atoms with van der Waals surface area (Å²) in [5, 5.41) is 5.97. The van der Waals surface area contributed by atoms with Gasteiger partial charge in [-0.1, -0.05) is 60.7 Å². The molecule has 5 heteroatoms. The highest BCUT2D eigenvalue weighted by Gasteiger charge is 2.19. The van der Waals surface area contributed by atoms with E-state index in [0.29, 0.717) is 0 Å². The van der Waals surface area contributed by atoms with E-state index in [-0.39, 0.29) is 0 Å². The van der Waals surface area contributed by atoms with Gasteiger partial charge >= 0.3 is 0 Å². The maximum atomic E-state index is 5.08. The van der Waals surface area contributed by atoms with Crippen LogP contribution in [-0.4, -0.2) is 23.9 Å². The van der Waals surface area contributed by atoms with E-state index in [4.69, 9.17) is 9.97 Å². The summed E-state index contributed by atoms with van der Waals surface area (Å²) in [5.41, 5.74) is 8.58. The molecule has 4 aromatic carbocycles. The lowest BCUT2D eigenvalue weighted by atomic mass is 10.0. The molecule has 0 N–H and O–H groups in total. The quantitative estimate of drug-likeness (QED) is 0.219. The van der Waals surface area contributed by atoms with Crippen LogP contribution in [0.3, 0.4) is 0 Å². The van der Waals surface area contributed by atoms with Crippen LogP contribution in [-0.2, 0) is 0 Å². The molecule has 0 bridgehead atoms. The van der Waals surface area contributed by atoms with Gasteiger partial charge in [0.25, 0.3) is 0 Å². The van der Waals surface area contributed by atoms with Gasteiger partial charge in [-0.05, 0) is 59.5 Å². The molecule has 0 fully saturated rings. The van der Waals surface area contributed by atoms with Crippen molar-refractivity contribution < 1.29 is 0 Å². The number of benzene rings is 4. The number of nitrogens with zero attached hydrogens (tertiary/aromatic N) is 5. The Morgan fingerprint density at radius 2 is 1.27 bits per heavy atom. The Morgan fingerprint density at radius 3 is 2.15 bits per heavy atom. The molecule has 0 aliphatic rings. The van der Waals surface area contributed by atoms with Gasteiger partial charge in [-0.2, -0.15) is 0 Å². The molecule has 5 heterocycles. The maximum Gasteiger partial charge on any atom is 0.146 e. The predicted molar refractivity (Wildman–Crippen MR) is 163 cm³/mol. The van der Waals surface area contributed by atoms with Crippen LogP contribution in [0.4, 0.5) is 0 Å². The first-order chi connectivity index (χ1) is 19.8. The number of hydrogen-bond donors (Lipinski definition) is 0. The first-order valence-corrected chi connectivity index (χ1v) is 13.4. The van der Waals surface area contributed by atoms with Crippen molar-refractivity contribution in [3.05, 3.63) is 128 Å². The molecular formula is C35H21N5. The summed E-state index contributed by atoms with van der Waals surface area (Å²) in [6.45, 7) is 0. The molecule has 5 nitrogen and oxygen atoms in total. The van der Waals surface area contributed by atoms with Crippen molar-refractivity contribution in [2.45, 2.75) is 0 Å². The summed E-state index contributed by atoms with van der Waals surface area (Å²) in [6.07, 6.45) is 5.58. The van der Waals surface area contributed by atoms with Crippen molar-refractivity contribution in [1.29, 1.82) is 0 Å². The van der Waals surface area contributed by atoms with E-state index in [0.717, 1.165) is 55.6 Å². The first kappa shape index (κ1) is 21.4. The maximum absolute atomic E-state index is 5.08. The Kier molecular flexibility index (Phi) is 4.27. The zero-order valence-electron chi connectivity index (χ0n) is 21.4. The molecule has 0 saturated heterocycles. The number of para-hydroxylation sites is 3. The lowest BCUT2D eigenvalue weighted by Gasteiger charge is -2.12. The van der Waals surface area contributed by atoms with E-state index in [1.807, 2.05) is 24.5 Å². The van der Waals surface area contributed by atoms with Crippen LogP contribution in [0.2, 0.25) is 0 Å². The lowest BCUT2D eigenvalue weighted by molar-refractivity contribution is 1.08. The van der Waals surface area contributed by atoms with Crippen LogP contribution in [0.25, 0.3) is 77.1 Å². The van der Waals surface area contributed by atoms with Crippen LogP contribution in [0.1, 0.15) is 0 Å². The van der Waals surface area contributed by atoms with E-state index < -0.39 is 0 Å². The molecule has 0 radical (unpaired) electrons. The SMILES string of the molecule is c1cncc(-c2ccnc(-n3c4ccccc4c4cc5c6ccccc6c6nc7ccccc7n6c5cc43)c2)c1. The van der Waals surface area contributed by atoms with Gasteiger partial charge in [-0.25, -0.2) is 9.97 Å². The van der Waals surface area contributed by atoms with Crippen molar-refractivity contribution in [3.8, 4) is 16.9 Å². The Hall–Kier alpha value is -5.55. The van der Waals surface area contributed by atoms with Crippen molar-refractivity contribution in [1.82, 2.24) is 23.9 Å². The molecular weight excluding hydrogens is 490 g/mol. The molecule has 9 aromatic rings. The molecule has 9 rings (SSSR count). The minimum Gasteiger partial charge on any atom is -0.294 e. The second-order valence-corrected chi connectivity index (χ2v) is 10.2. The van der Waals surface area contributed by atoms with Gasteiger partial charge in [-0.15, -0.1) is 0 Å². The van der Waals surface area contributed by atoms with Crippen LogP contribution in [0, 0.1) is 0 Å². The largest absolute Gasteiger partial charge is 0.294 e. The summed E-state index contributed by atoms with van der Waals surface area (Å²) in [7, 11) is 0. The molecule has 40 heavy (non-hydrogen) atoms. The lowest BCUT2D eigenvalue weighted by Crippen LogP contribution is -1.98. The van der Waals surface area contributed by atoms with Crippen LogP contribution in [0.5, 0.6) is 0 Å². The number of fused-ring (bicyclic) bond motifs is 11. The molecule has 0 saturated carbocycles. The summed E-state index contributed by atoms with van der Waals surface area (Å²) < 4.78 is 4.60. The van der Waals surface area contributed by atoms with Crippen molar-refractivity contribution in [2.24, 2.45) is 0 Å².